The van der Waals surface area contributed by atoms with Gasteiger partial charge in [-0.25, -0.2) is 0 Å². The van der Waals surface area contributed by atoms with Crippen LogP contribution in [0.25, 0.3) is 0 Å². The normalized spacial score (nSPS) is 34.8. The van der Waals surface area contributed by atoms with Gasteiger partial charge in [-0.2, -0.15) is 0 Å². The van der Waals surface area contributed by atoms with E-state index in [1.54, 1.807) is 0 Å². The zero-order chi connectivity index (χ0) is 18.5. The van der Waals surface area contributed by atoms with E-state index in [0.29, 0.717) is 11.5 Å². The molecular weight excluding hydrogens is 326 g/mol. The van der Waals surface area contributed by atoms with Gasteiger partial charge in [-0.1, -0.05) is 19.1 Å². The standard InChI is InChI=1S/C21H29N3O2/c1-4-24(5-2)19(26)16-12-14-10-11-20(16,3)13-21(14)22-17-9-7-6-8-15(17)18(25)23-21/h6-9,14,16,22H,4-5,10-13H2,1-3H3,(H,23,25)/t14-,16-,20+,21-/m1/s1. The molecule has 140 valence electrons. The Bertz CT molecular complexity index is 745. The number of amides is 2. The number of anilines is 1. The van der Waals surface area contributed by atoms with E-state index in [4.69, 9.17) is 0 Å². The molecule has 0 radical (unpaired) electrons. The minimum Gasteiger partial charge on any atom is -0.362 e. The monoisotopic (exact) mass is 355 g/mol. The lowest BCUT2D eigenvalue weighted by molar-refractivity contribution is -0.150. The maximum absolute atomic E-state index is 13.1. The average Bonchev–Trinajstić information content (AvgIpc) is 2.62. The molecule has 4 aliphatic rings. The largest absolute Gasteiger partial charge is 0.362 e. The molecule has 5 rings (SSSR count). The molecule has 4 atom stereocenters. The molecule has 0 unspecified atom stereocenters. The highest BCUT2D eigenvalue weighted by Gasteiger charge is 2.60. The van der Waals surface area contributed by atoms with Crippen LogP contribution < -0.4 is 10.6 Å². The van der Waals surface area contributed by atoms with E-state index in [9.17, 15) is 9.59 Å². The molecule has 2 amide bonds. The third kappa shape index (κ3) is 2.43. The van der Waals surface area contributed by atoms with Gasteiger partial charge in [-0.15, -0.1) is 0 Å². The van der Waals surface area contributed by atoms with Crippen LogP contribution >= 0.6 is 0 Å². The van der Waals surface area contributed by atoms with Gasteiger partial charge in [0.15, 0.2) is 0 Å². The van der Waals surface area contributed by atoms with Gasteiger partial charge in [0.05, 0.1) is 5.56 Å². The van der Waals surface area contributed by atoms with Crippen LogP contribution in [0.3, 0.4) is 0 Å². The third-order valence-electron chi connectivity index (χ3n) is 7.04. The molecule has 1 aliphatic heterocycles. The minimum absolute atomic E-state index is 0.00196. The molecule has 2 N–H and O–H groups in total. The van der Waals surface area contributed by atoms with Crippen molar-refractivity contribution in [2.45, 2.75) is 52.1 Å². The van der Waals surface area contributed by atoms with Crippen molar-refractivity contribution in [2.24, 2.45) is 17.3 Å². The molecule has 0 aromatic heterocycles. The molecule has 1 aromatic rings. The van der Waals surface area contributed by atoms with E-state index in [1.807, 2.05) is 43.0 Å². The molecule has 5 nitrogen and oxygen atoms in total. The van der Waals surface area contributed by atoms with Crippen LogP contribution in [-0.2, 0) is 4.79 Å². The Balaban J connectivity index is 1.64. The molecule has 5 heteroatoms. The summed E-state index contributed by atoms with van der Waals surface area (Å²) in [6, 6.07) is 7.71. The zero-order valence-corrected chi connectivity index (χ0v) is 16.0. The Hall–Kier alpha value is -2.04. The average molecular weight is 355 g/mol. The highest BCUT2D eigenvalue weighted by atomic mass is 16.2. The van der Waals surface area contributed by atoms with Gasteiger partial charge < -0.3 is 15.5 Å². The first kappa shape index (κ1) is 17.4. The Labute approximate surface area is 155 Å². The van der Waals surface area contributed by atoms with Gasteiger partial charge in [0, 0.05) is 30.6 Å². The number of benzene rings is 1. The van der Waals surface area contributed by atoms with E-state index >= 15 is 0 Å². The summed E-state index contributed by atoms with van der Waals surface area (Å²) < 4.78 is 0. The summed E-state index contributed by atoms with van der Waals surface area (Å²) in [5.41, 5.74) is 1.12. The fourth-order valence-corrected chi connectivity index (χ4v) is 5.58. The number of nitrogens with zero attached hydrogens (tertiary/aromatic N) is 1. The van der Waals surface area contributed by atoms with E-state index in [-0.39, 0.29) is 23.2 Å². The molecule has 3 fully saturated rings. The van der Waals surface area contributed by atoms with Crippen molar-refractivity contribution in [3.8, 4) is 0 Å². The van der Waals surface area contributed by atoms with Crippen molar-refractivity contribution in [1.82, 2.24) is 10.2 Å². The first-order valence-electron chi connectivity index (χ1n) is 9.91. The number of para-hydroxylation sites is 1. The Morgan fingerprint density at radius 2 is 1.96 bits per heavy atom. The molecule has 1 spiro atoms. The first-order chi connectivity index (χ1) is 12.4. The van der Waals surface area contributed by atoms with Crippen molar-refractivity contribution in [3.63, 3.8) is 0 Å². The van der Waals surface area contributed by atoms with Crippen LogP contribution in [0.15, 0.2) is 24.3 Å². The SMILES string of the molecule is CCN(CC)C(=O)[C@H]1C[C@H]2CC[C@@]1(C)C[C@@]21NC(=O)c2ccccc2N1. The summed E-state index contributed by atoms with van der Waals surface area (Å²) in [4.78, 5) is 27.8. The number of carbonyl (C=O) groups excluding carboxylic acids is 2. The maximum atomic E-state index is 13.1. The molecule has 26 heavy (non-hydrogen) atoms. The second-order valence-electron chi connectivity index (χ2n) is 8.46. The predicted octanol–water partition coefficient (Wildman–Crippen LogP) is 3.23. The van der Waals surface area contributed by atoms with Crippen molar-refractivity contribution < 1.29 is 9.59 Å². The van der Waals surface area contributed by atoms with Crippen LogP contribution in [0.2, 0.25) is 0 Å². The number of rotatable bonds is 3. The molecule has 1 aromatic carbocycles. The van der Waals surface area contributed by atoms with Gasteiger partial charge in [0.2, 0.25) is 5.91 Å². The molecule has 3 saturated carbocycles. The van der Waals surface area contributed by atoms with Crippen molar-refractivity contribution >= 4 is 17.5 Å². The lowest BCUT2D eigenvalue weighted by atomic mass is 9.51. The molecule has 0 saturated heterocycles. The number of hydrogen-bond donors (Lipinski definition) is 2. The van der Waals surface area contributed by atoms with E-state index < -0.39 is 5.66 Å². The molecule has 2 bridgehead atoms. The van der Waals surface area contributed by atoms with Gasteiger partial charge >= 0.3 is 0 Å². The van der Waals surface area contributed by atoms with Crippen LogP contribution in [0.1, 0.15) is 56.8 Å². The lowest BCUT2D eigenvalue weighted by Crippen LogP contribution is -2.70. The summed E-state index contributed by atoms with van der Waals surface area (Å²) in [6.07, 6.45) is 3.76. The van der Waals surface area contributed by atoms with E-state index in [1.165, 1.54) is 0 Å². The second-order valence-corrected chi connectivity index (χ2v) is 8.46. The van der Waals surface area contributed by atoms with E-state index in [0.717, 1.165) is 44.5 Å². The third-order valence-corrected chi connectivity index (χ3v) is 7.04. The molecule has 1 heterocycles. The van der Waals surface area contributed by atoms with Crippen LogP contribution in [-0.4, -0.2) is 35.5 Å². The summed E-state index contributed by atoms with van der Waals surface area (Å²) >= 11 is 0. The highest BCUT2D eigenvalue weighted by molar-refractivity contribution is 6.02. The number of hydrogen-bond acceptors (Lipinski definition) is 3. The topological polar surface area (TPSA) is 61.4 Å². The minimum atomic E-state index is -0.418. The fraction of sp³-hybridized carbons (Fsp3) is 0.619. The van der Waals surface area contributed by atoms with Crippen molar-refractivity contribution in [2.75, 3.05) is 18.4 Å². The number of fused-ring (bicyclic) bond motifs is 3. The summed E-state index contributed by atoms with van der Waals surface area (Å²) in [5, 5.41) is 6.95. The summed E-state index contributed by atoms with van der Waals surface area (Å²) in [6.45, 7) is 7.86. The van der Waals surface area contributed by atoms with Crippen LogP contribution in [0.5, 0.6) is 0 Å². The van der Waals surface area contributed by atoms with Crippen LogP contribution in [0, 0.1) is 17.3 Å². The first-order valence-corrected chi connectivity index (χ1v) is 9.91. The predicted molar refractivity (Wildman–Crippen MR) is 102 cm³/mol. The molecule has 3 aliphatic carbocycles. The number of carbonyl (C=O) groups is 2. The van der Waals surface area contributed by atoms with E-state index in [2.05, 4.69) is 17.6 Å². The van der Waals surface area contributed by atoms with Gasteiger partial charge in [0.1, 0.15) is 5.66 Å². The van der Waals surface area contributed by atoms with Crippen molar-refractivity contribution in [3.05, 3.63) is 29.8 Å². The second kappa shape index (κ2) is 6.00. The Kier molecular flexibility index (Phi) is 4.01. The quantitative estimate of drug-likeness (QED) is 0.875. The fourth-order valence-electron chi connectivity index (χ4n) is 5.58. The number of nitrogens with one attached hydrogen (secondary N) is 2. The lowest BCUT2D eigenvalue weighted by Gasteiger charge is -2.61. The van der Waals surface area contributed by atoms with Gasteiger partial charge in [0.25, 0.3) is 5.91 Å². The maximum Gasteiger partial charge on any atom is 0.255 e. The smallest absolute Gasteiger partial charge is 0.255 e. The highest BCUT2D eigenvalue weighted by Crippen LogP contribution is 2.58. The summed E-state index contributed by atoms with van der Waals surface area (Å²) in [5.74, 6) is 0.635. The Morgan fingerprint density at radius 3 is 2.65 bits per heavy atom. The Morgan fingerprint density at radius 1 is 1.23 bits per heavy atom. The van der Waals surface area contributed by atoms with Gasteiger partial charge in [-0.05, 0) is 57.1 Å². The summed E-state index contributed by atoms with van der Waals surface area (Å²) in [7, 11) is 0. The van der Waals surface area contributed by atoms with Gasteiger partial charge in [-0.3, -0.25) is 9.59 Å². The zero-order valence-electron chi connectivity index (χ0n) is 16.0. The van der Waals surface area contributed by atoms with Crippen molar-refractivity contribution in [1.29, 1.82) is 0 Å². The molecular formula is C21H29N3O2. The van der Waals surface area contributed by atoms with Crippen LogP contribution in [0.4, 0.5) is 5.69 Å².